The average Bonchev–Trinajstić information content (AvgIpc) is 2.26. The quantitative estimate of drug-likeness (QED) is 0.448. The molecule has 0 spiro atoms. The molecule has 76 valence electrons. The third kappa shape index (κ3) is 3.13. The van der Waals surface area contributed by atoms with Crippen LogP contribution in [-0.4, -0.2) is 6.29 Å². The Morgan fingerprint density at radius 2 is 1.77 bits per heavy atom. The van der Waals surface area contributed by atoms with E-state index in [0.29, 0.717) is 11.3 Å². The Bertz CT molecular complexity index is 166. The molecule has 1 fully saturated rings. The molecule has 0 aliphatic heterocycles. The van der Waals surface area contributed by atoms with E-state index in [0.717, 1.165) is 25.0 Å². The largest absolute Gasteiger partial charge is 0.303 e. The van der Waals surface area contributed by atoms with Gasteiger partial charge in [0.1, 0.15) is 6.29 Å². The van der Waals surface area contributed by atoms with E-state index in [1.54, 1.807) is 0 Å². The van der Waals surface area contributed by atoms with Gasteiger partial charge in [-0.3, -0.25) is 0 Å². The van der Waals surface area contributed by atoms with Gasteiger partial charge in [-0.15, -0.1) is 0 Å². The van der Waals surface area contributed by atoms with E-state index < -0.39 is 0 Å². The summed E-state index contributed by atoms with van der Waals surface area (Å²) in [6.45, 7) is 6.96. The second-order valence-corrected chi connectivity index (χ2v) is 5.47. The van der Waals surface area contributed by atoms with Crippen LogP contribution in [-0.2, 0) is 4.79 Å². The van der Waals surface area contributed by atoms with Gasteiger partial charge >= 0.3 is 0 Å². The first kappa shape index (κ1) is 10.7. The number of carbonyl (C=O) groups excluding carboxylic acids is 1. The van der Waals surface area contributed by atoms with Crippen LogP contribution in [0.5, 0.6) is 0 Å². The zero-order chi connectivity index (χ0) is 9.90. The van der Waals surface area contributed by atoms with Crippen LogP contribution in [0.25, 0.3) is 0 Å². The van der Waals surface area contributed by atoms with Crippen LogP contribution >= 0.6 is 0 Å². The van der Waals surface area contributed by atoms with Crippen LogP contribution in [0.2, 0.25) is 0 Å². The highest BCUT2D eigenvalue weighted by molar-refractivity contribution is 5.53. The summed E-state index contributed by atoms with van der Waals surface area (Å²) in [4.78, 5) is 10.7. The van der Waals surface area contributed by atoms with Crippen LogP contribution in [0.1, 0.15) is 52.9 Å². The van der Waals surface area contributed by atoms with Crippen LogP contribution < -0.4 is 0 Å². The van der Waals surface area contributed by atoms with Crippen molar-refractivity contribution in [2.24, 2.45) is 17.3 Å². The summed E-state index contributed by atoms with van der Waals surface area (Å²) in [5.74, 6) is 1.17. The lowest BCUT2D eigenvalue weighted by molar-refractivity contribution is -0.111. The van der Waals surface area contributed by atoms with Crippen molar-refractivity contribution in [2.45, 2.75) is 52.9 Å². The van der Waals surface area contributed by atoms with Gasteiger partial charge in [0.15, 0.2) is 0 Å². The van der Waals surface area contributed by atoms with E-state index in [1.165, 1.54) is 19.3 Å². The maximum Gasteiger partial charge on any atom is 0.123 e. The molecule has 2 atom stereocenters. The van der Waals surface area contributed by atoms with Crippen molar-refractivity contribution in [1.29, 1.82) is 0 Å². The monoisotopic (exact) mass is 182 g/mol. The molecule has 0 radical (unpaired) electrons. The smallest absolute Gasteiger partial charge is 0.123 e. The molecule has 0 heterocycles. The predicted octanol–water partition coefficient (Wildman–Crippen LogP) is 3.43. The normalized spacial score (nSPS) is 31.0. The topological polar surface area (TPSA) is 17.1 Å². The third-order valence-corrected chi connectivity index (χ3v) is 3.43. The van der Waals surface area contributed by atoms with Gasteiger partial charge in [-0.05, 0) is 37.0 Å². The Balaban J connectivity index is 2.49. The first-order valence-electron chi connectivity index (χ1n) is 5.49. The molecule has 0 amide bonds. The van der Waals surface area contributed by atoms with Crippen molar-refractivity contribution in [2.75, 3.05) is 0 Å². The third-order valence-electron chi connectivity index (χ3n) is 3.43. The summed E-state index contributed by atoms with van der Waals surface area (Å²) in [6, 6.07) is 0. The molecular weight excluding hydrogens is 160 g/mol. The Hall–Kier alpha value is -0.330. The molecule has 0 bridgehead atoms. The van der Waals surface area contributed by atoms with Gasteiger partial charge in [-0.2, -0.15) is 0 Å². The highest BCUT2D eigenvalue weighted by Crippen LogP contribution is 2.37. The highest BCUT2D eigenvalue weighted by atomic mass is 16.1. The fourth-order valence-electron chi connectivity index (χ4n) is 2.33. The minimum Gasteiger partial charge on any atom is -0.303 e. The zero-order valence-corrected chi connectivity index (χ0v) is 9.18. The summed E-state index contributed by atoms with van der Waals surface area (Å²) in [5.41, 5.74) is 0.428. The summed E-state index contributed by atoms with van der Waals surface area (Å²) in [5, 5.41) is 0. The lowest BCUT2D eigenvalue weighted by Crippen LogP contribution is -2.19. The van der Waals surface area contributed by atoms with Gasteiger partial charge in [-0.25, -0.2) is 0 Å². The first-order chi connectivity index (χ1) is 6.04. The Morgan fingerprint density at radius 1 is 1.08 bits per heavy atom. The fourth-order valence-corrected chi connectivity index (χ4v) is 2.33. The molecule has 0 N–H and O–H groups in total. The maximum absolute atomic E-state index is 10.7. The first-order valence-corrected chi connectivity index (χ1v) is 5.49. The summed E-state index contributed by atoms with van der Waals surface area (Å²) in [7, 11) is 0. The van der Waals surface area contributed by atoms with Gasteiger partial charge in [0.05, 0.1) is 0 Å². The minimum absolute atomic E-state index is 0.354. The number of aldehydes is 1. The van der Waals surface area contributed by atoms with Gasteiger partial charge in [0.2, 0.25) is 0 Å². The van der Waals surface area contributed by atoms with Crippen molar-refractivity contribution in [1.82, 2.24) is 0 Å². The van der Waals surface area contributed by atoms with E-state index >= 15 is 0 Å². The van der Waals surface area contributed by atoms with Crippen molar-refractivity contribution in [3.63, 3.8) is 0 Å². The summed E-state index contributed by atoms with van der Waals surface area (Å²) < 4.78 is 0. The summed E-state index contributed by atoms with van der Waals surface area (Å²) >= 11 is 0. The number of hydrogen-bond acceptors (Lipinski definition) is 1. The van der Waals surface area contributed by atoms with Gasteiger partial charge in [0.25, 0.3) is 0 Å². The minimum atomic E-state index is 0.354. The molecule has 1 aliphatic rings. The molecule has 1 saturated carbocycles. The van der Waals surface area contributed by atoms with Crippen LogP contribution in [0.15, 0.2) is 0 Å². The molecule has 1 nitrogen and oxygen atoms in total. The maximum atomic E-state index is 10.7. The van der Waals surface area contributed by atoms with Crippen molar-refractivity contribution in [3.05, 3.63) is 0 Å². The molecule has 13 heavy (non-hydrogen) atoms. The Kier molecular flexibility index (Phi) is 3.52. The highest BCUT2D eigenvalue weighted by Gasteiger charge is 2.27. The van der Waals surface area contributed by atoms with Crippen LogP contribution in [0.3, 0.4) is 0 Å². The fraction of sp³-hybridized carbons (Fsp3) is 0.917. The Morgan fingerprint density at radius 3 is 2.31 bits per heavy atom. The molecule has 0 aromatic carbocycles. The van der Waals surface area contributed by atoms with E-state index in [2.05, 4.69) is 20.8 Å². The summed E-state index contributed by atoms with van der Waals surface area (Å²) in [6.07, 6.45) is 7.19. The molecule has 1 aliphatic carbocycles. The molecule has 1 heteroatoms. The van der Waals surface area contributed by atoms with Crippen molar-refractivity contribution < 1.29 is 4.79 Å². The zero-order valence-electron chi connectivity index (χ0n) is 9.18. The SMILES string of the molecule is CC(C)(C)C1CCCC(C=O)CC1. The second kappa shape index (κ2) is 4.26. The van der Waals surface area contributed by atoms with Gasteiger partial charge in [-0.1, -0.05) is 27.2 Å². The van der Waals surface area contributed by atoms with E-state index in [1.807, 2.05) is 0 Å². The second-order valence-electron chi connectivity index (χ2n) is 5.47. The molecular formula is C12H22O. The van der Waals surface area contributed by atoms with Crippen molar-refractivity contribution >= 4 is 6.29 Å². The lowest BCUT2D eigenvalue weighted by atomic mass is 9.76. The van der Waals surface area contributed by atoms with Crippen LogP contribution in [0, 0.1) is 17.3 Å². The predicted molar refractivity (Wildman–Crippen MR) is 55.6 cm³/mol. The van der Waals surface area contributed by atoms with Crippen LogP contribution in [0.4, 0.5) is 0 Å². The molecule has 2 unspecified atom stereocenters. The van der Waals surface area contributed by atoms with Gasteiger partial charge in [0, 0.05) is 5.92 Å². The average molecular weight is 182 g/mol. The van der Waals surface area contributed by atoms with Crippen molar-refractivity contribution in [3.8, 4) is 0 Å². The van der Waals surface area contributed by atoms with E-state index in [4.69, 9.17) is 0 Å². The van der Waals surface area contributed by atoms with Gasteiger partial charge < -0.3 is 4.79 Å². The number of rotatable bonds is 1. The van der Waals surface area contributed by atoms with E-state index in [-0.39, 0.29) is 0 Å². The number of carbonyl (C=O) groups is 1. The molecule has 0 saturated heterocycles. The lowest BCUT2D eigenvalue weighted by Gasteiger charge is -2.29. The standard InChI is InChI=1S/C12H22O/c1-12(2,3)11-6-4-5-10(9-13)7-8-11/h9-11H,4-8H2,1-3H3. The van der Waals surface area contributed by atoms with E-state index in [9.17, 15) is 4.79 Å². The number of hydrogen-bond donors (Lipinski definition) is 0. The molecule has 1 rings (SSSR count). The molecule has 0 aromatic heterocycles. The molecule has 0 aromatic rings. The Labute approximate surface area is 81.9 Å².